The van der Waals surface area contributed by atoms with Crippen LogP contribution in [0.15, 0.2) is 52.1 Å². The van der Waals surface area contributed by atoms with Gasteiger partial charge in [0.25, 0.3) is 0 Å². The van der Waals surface area contributed by atoms with Gasteiger partial charge in [-0.15, -0.1) is 0 Å². The Morgan fingerprint density at radius 3 is 2.59 bits per heavy atom. The van der Waals surface area contributed by atoms with Crippen LogP contribution in [0, 0.1) is 5.82 Å². The second kappa shape index (κ2) is 7.10. The van der Waals surface area contributed by atoms with E-state index in [9.17, 15) is 22.2 Å². The summed E-state index contributed by atoms with van der Waals surface area (Å²) in [7, 11) is -3.40. The Morgan fingerprint density at radius 1 is 1.22 bits per heavy atom. The summed E-state index contributed by atoms with van der Waals surface area (Å²) in [5.74, 6) is -2.24. The lowest BCUT2D eigenvalue weighted by molar-refractivity contribution is -0.127. The number of fused-ring (bicyclic) bond motifs is 1. The molecule has 0 aliphatic rings. The summed E-state index contributed by atoms with van der Waals surface area (Å²) in [5, 5.41) is 4.15. The Bertz CT molecular complexity index is 1130. The highest BCUT2D eigenvalue weighted by Crippen LogP contribution is 2.25. The van der Waals surface area contributed by atoms with Gasteiger partial charge in [0.15, 0.2) is 0 Å². The fraction of sp³-hybridized carbons (Fsp3) is 0.235. The van der Waals surface area contributed by atoms with E-state index >= 15 is 0 Å². The van der Waals surface area contributed by atoms with Crippen molar-refractivity contribution in [3.05, 3.63) is 48.7 Å². The van der Waals surface area contributed by atoms with Gasteiger partial charge in [-0.3, -0.25) is 9.78 Å². The Balaban J connectivity index is 2.13. The van der Waals surface area contributed by atoms with E-state index in [1.54, 1.807) is 6.20 Å². The third-order valence-electron chi connectivity index (χ3n) is 3.82. The van der Waals surface area contributed by atoms with Crippen LogP contribution in [-0.2, 0) is 14.5 Å². The van der Waals surface area contributed by atoms with Crippen molar-refractivity contribution in [3.8, 4) is 5.69 Å². The highest BCUT2D eigenvalue weighted by Gasteiger charge is 2.24. The molecule has 2 heterocycles. The fourth-order valence-electron chi connectivity index (χ4n) is 2.45. The predicted molar refractivity (Wildman–Crippen MR) is 93.8 cm³/mol. The Kier molecular flexibility index (Phi) is 5.01. The first-order valence-corrected chi connectivity index (χ1v) is 9.47. The Morgan fingerprint density at radius 2 is 1.96 bits per heavy atom. The van der Waals surface area contributed by atoms with Gasteiger partial charge in [0.1, 0.15) is 5.82 Å². The average molecular weight is 396 g/mol. The molecule has 0 fully saturated rings. The van der Waals surface area contributed by atoms with Gasteiger partial charge in [0.05, 0.1) is 33.3 Å². The topological polar surface area (TPSA) is 77.2 Å². The molecule has 0 aliphatic carbocycles. The molecule has 3 aromatic rings. The standard InChI is InChI=1S/C17H15F3N4O2S/c1-10(2)27(26,23-17(25)16(19)20)14-3-4-15-11(5-14)9-24(22-15)13-6-12(18)7-21-8-13/h3-10,16H,1-2H3. The van der Waals surface area contributed by atoms with Crippen LogP contribution in [0.1, 0.15) is 13.8 Å². The largest absolute Gasteiger partial charge is 0.321 e. The van der Waals surface area contributed by atoms with E-state index in [-0.39, 0.29) is 4.90 Å². The Hall–Kier alpha value is -2.75. The van der Waals surface area contributed by atoms with Crippen LogP contribution in [0.3, 0.4) is 0 Å². The van der Waals surface area contributed by atoms with Crippen LogP contribution in [-0.4, -0.2) is 36.6 Å². The van der Waals surface area contributed by atoms with Gasteiger partial charge in [0, 0.05) is 27.8 Å². The monoisotopic (exact) mass is 396 g/mol. The van der Waals surface area contributed by atoms with E-state index in [2.05, 4.69) is 14.4 Å². The van der Waals surface area contributed by atoms with Crippen molar-refractivity contribution >= 4 is 26.5 Å². The third kappa shape index (κ3) is 3.70. The molecule has 0 spiro atoms. The first-order valence-electron chi connectivity index (χ1n) is 7.89. The number of pyridine rings is 1. The summed E-state index contributed by atoms with van der Waals surface area (Å²) in [6.45, 7) is 3.08. The van der Waals surface area contributed by atoms with Crippen LogP contribution in [0.2, 0.25) is 0 Å². The van der Waals surface area contributed by atoms with Gasteiger partial charge >= 0.3 is 12.3 Å². The van der Waals surface area contributed by atoms with E-state index in [0.717, 1.165) is 6.20 Å². The summed E-state index contributed by atoms with van der Waals surface area (Å²) in [6.07, 6.45) is 0.717. The van der Waals surface area contributed by atoms with Crippen molar-refractivity contribution in [1.29, 1.82) is 0 Å². The van der Waals surface area contributed by atoms with E-state index < -0.39 is 33.1 Å². The molecule has 0 radical (unpaired) electrons. The second-order valence-electron chi connectivity index (χ2n) is 6.00. The van der Waals surface area contributed by atoms with E-state index in [1.165, 1.54) is 49.0 Å². The van der Waals surface area contributed by atoms with Gasteiger partial charge in [-0.05, 0) is 32.0 Å². The van der Waals surface area contributed by atoms with Crippen molar-refractivity contribution in [2.45, 2.75) is 30.4 Å². The number of carbonyl (C=O) groups is 1. The number of amides is 1. The molecule has 1 amide bonds. The van der Waals surface area contributed by atoms with Gasteiger partial charge < -0.3 is 0 Å². The lowest BCUT2D eigenvalue weighted by atomic mass is 10.3. The fourth-order valence-corrected chi connectivity index (χ4v) is 4.21. The summed E-state index contributed by atoms with van der Waals surface area (Å²) in [5.41, 5.74) is 0.892. The van der Waals surface area contributed by atoms with Crippen LogP contribution in [0.4, 0.5) is 13.2 Å². The van der Waals surface area contributed by atoms with Crippen molar-refractivity contribution in [2.24, 2.45) is 4.36 Å². The summed E-state index contributed by atoms with van der Waals surface area (Å²) >= 11 is 0. The van der Waals surface area contributed by atoms with Crippen LogP contribution in [0.5, 0.6) is 0 Å². The molecule has 142 valence electrons. The van der Waals surface area contributed by atoms with E-state index in [4.69, 9.17) is 0 Å². The maximum atomic E-state index is 13.4. The number of hydrogen-bond donors (Lipinski definition) is 0. The molecule has 0 saturated carbocycles. The molecule has 1 unspecified atom stereocenters. The maximum Gasteiger partial charge on any atom is 0.321 e. The smallest absolute Gasteiger partial charge is 0.265 e. The zero-order valence-electron chi connectivity index (χ0n) is 14.3. The van der Waals surface area contributed by atoms with Crippen LogP contribution < -0.4 is 0 Å². The minimum absolute atomic E-state index is 0.149. The Labute approximate surface area is 153 Å². The quantitative estimate of drug-likeness (QED) is 0.675. The molecule has 6 nitrogen and oxygen atoms in total. The molecule has 0 bridgehead atoms. The highest BCUT2D eigenvalue weighted by atomic mass is 32.2. The van der Waals surface area contributed by atoms with Crippen molar-refractivity contribution in [2.75, 3.05) is 0 Å². The van der Waals surface area contributed by atoms with Gasteiger partial charge in [0.2, 0.25) is 0 Å². The molecule has 3 rings (SSSR count). The molecule has 0 saturated heterocycles. The SMILES string of the molecule is CC(C)S(=O)(=NC(=O)C(F)F)c1ccc2nn(-c3cncc(F)c3)cc2c1. The number of benzene rings is 1. The summed E-state index contributed by atoms with van der Waals surface area (Å²) < 4.78 is 56.4. The summed E-state index contributed by atoms with van der Waals surface area (Å²) in [6, 6.07) is 5.70. The zero-order valence-corrected chi connectivity index (χ0v) is 15.2. The lowest BCUT2D eigenvalue weighted by Crippen LogP contribution is -2.18. The van der Waals surface area contributed by atoms with Gasteiger partial charge in [-0.1, -0.05) is 0 Å². The van der Waals surface area contributed by atoms with Crippen molar-refractivity contribution in [3.63, 3.8) is 0 Å². The molecule has 2 aromatic heterocycles. The summed E-state index contributed by atoms with van der Waals surface area (Å²) in [4.78, 5) is 15.3. The van der Waals surface area contributed by atoms with Crippen LogP contribution in [0.25, 0.3) is 16.6 Å². The number of hydrogen-bond acceptors (Lipinski definition) is 4. The number of alkyl halides is 2. The normalized spacial score (nSPS) is 13.9. The van der Waals surface area contributed by atoms with E-state index in [1.807, 2.05) is 0 Å². The molecule has 1 atom stereocenters. The molecule has 1 aromatic carbocycles. The molecule has 10 heteroatoms. The lowest BCUT2D eigenvalue weighted by Gasteiger charge is -2.13. The molecule has 0 N–H and O–H groups in total. The number of carbonyl (C=O) groups excluding carboxylic acids is 1. The highest BCUT2D eigenvalue weighted by molar-refractivity contribution is 7.94. The molecule has 27 heavy (non-hydrogen) atoms. The minimum Gasteiger partial charge on any atom is -0.265 e. The third-order valence-corrected chi connectivity index (χ3v) is 6.48. The number of halogens is 3. The van der Waals surface area contributed by atoms with Gasteiger partial charge in [-0.25, -0.2) is 13.3 Å². The molecular weight excluding hydrogens is 381 g/mol. The number of nitrogens with zero attached hydrogens (tertiary/aromatic N) is 4. The second-order valence-corrected chi connectivity index (χ2v) is 8.74. The molecule has 0 aliphatic heterocycles. The first kappa shape index (κ1) is 19.0. The first-order chi connectivity index (χ1) is 12.7. The number of aromatic nitrogens is 3. The average Bonchev–Trinajstić information content (AvgIpc) is 3.04. The minimum atomic E-state index is -3.40. The van der Waals surface area contributed by atoms with Crippen molar-refractivity contribution < 1.29 is 22.2 Å². The predicted octanol–water partition coefficient (Wildman–Crippen LogP) is 3.59. The van der Waals surface area contributed by atoms with Crippen LogP contribution >= 0.6 is 0 Å². The van der Waals surface area contributed by atoms with E-state index in [0.29, 0.717) is 16.6 Å². The zero-order chi connectivity index (χ0) is 19.8. The molecular formula is C17H15F3N4O2S. The van der Waals surface area contributed by atoms with Crippen molar-refractivity contribution in [1.82, 2.24) is 14.8 Å². The van der Waals surface area contributed by atoms with Gasteiger partial charge in [-0.2, -0.15) is 18.2 Å². The maximum absolute atomic E-state index is 13.4. The number of rotatable bonds is 4.